The van der Waals surface area contributed by atoms with Crippen LogP contribution >= 0.6 is 0 Å². The molecule has 2 nitrogen and oxygen atoms in total. The fourth-order valence-electron chi connectivity index (χ4n) is 3.29. The second-order valence-corrected chi connectivity index (χ2v) is 5.96. The average molecular weight is 286 g/mol. The van der Waals surface area contributed by atoms with Crippen molar-refractivity contribution in [3.05, 3.63) is 35.9 Å². The maximum Gasteiger partial charge on any atom is 0.531 e. The molecule has 0 radical (unpaired) electrons. The molecule has 0 aromatic heterocycles. The van der Waals surface area contributed by atoms with Gasteiger partial charge in [0.1, 0.15) is 0 Å². The van der Waals surface area contributed by atoms with Gasteiger partial charge in [-0.2, -0.15) is 0 Å². The lowest BCUT2D eigenvalue weighted by atomic mass is 9.78. The van der Waals surface area contributed by atoms with Crippen LogP contribution in [0.25, 0.3) is 0 Å². The zero-order valence-corrected chi connectivity index (χ0v) is 12.1. The van der Waals surface area contributed by atoms with Crippen molar-refractivity contribution in [1.29, 1.82) is 0 Å². The highest BCUT2D eigenvalue weighted by molar-refractivity contribution is 6.58. The Kier molecular flexibility index (Phi) is 4.44. The van der Waals surface area contributed by atoms with Gasteiger partial charge in [-0.15, -0.1) is 0 Å². The van der Waals surface area contributed by atoms with Gasteiger partial charge < -0.3 is 17.8 Å². The summed E-state index contributed by atoms with van der Waals surface area (Å²) in [6, 6.07) is 10.1. The average Bonchev–Trinajstić information content (AvgIpc) is 2.39. The van der Waals surface area contributed by atoms with Gasteiger partial charge in [-0.25, -0.2) is 0 Å². The third-order valence-corrected chi connectivity index (χ3v) is 4.47. The normalized spacial score (nSPS) is 27.8. The Hall–Kier alpha value is -1.01. The van der Waals surface area contributed by atoms with E-state index in [1.807, 2.05) is 32.3 Å². The summed E-state index contributed by atoms with van der Waals surface area (Å²) in [5, 5.41) is 0. The lowest BCUT2D eigenvalue weighted by Gasteiger charge is -2.45. The number of benzene rings is 1. The number of piperidine rings is 1. The molecule has 1 aliphatic heterocycles. The molecule has 0 unspecified atom stereocenters. The highest BCUT2D eigenvalue weighted by Crippen LogP contribution is 2.34. The summed E-state index contributed by atoms with van der Waals surface area (Å²) in [5.74, 6) is 0. The molecule has 1 N–H and O–H groups in total. The van der Waals surface area contributed by atoms with Gasteiger partial charge in [-0.05, 0) is 19.7 Å². The Morgan fingerprint density at radius 1 is 1.10 bits per heavy atom. The first-order valence-corrected chi connectivity index (χ1v) is 7.11. The molecule has 0 saturated carbocycles. The Balaban J connectivity index is 2.11. The molecule has 0 amide bonds. The number of rotatable bonds is 4. The second-order valence-electron chi connectivity index (χ2n) is 5.96. The van der Waals surface area contributed by atoms with Crippen LogP contribution in [-0.4, -0.2) is 45.5 Å². The number of likely N-dealkylation sites (tertiary alicyclic amines) is 1. The van der Waals surface area contributed by atoms with Crippen molar-refractivity contribution in [2.24, 2.45) is 0 Å². The minimum atomic E-state index is -4.69. The molecule has 2 rings (SSSR count). The molecule has 1 aromatic rings. The van der Waals surface area contributed by atoms with E-state index in [1.54, 1.807) is 0 Å². The molecular weight excluding hydrogens is 264 g/mol. The van der Waals surface area contributed by atoms with Crippen LogP contribution in [0.3, 0.4) is 0 Å². The van der Waals surface area contributed by atoms with Crippen molar-refractivity contribution in [3.63, 3.8) is 0 Å². The number of hydrogen-bond acceptors (Lipinski definition) is 1. The Morgan fingerprint density at radius 3 is 2.10 bits per heavy atom. The van der Waals surface area contributed by atoms with Crippen molar-refractivity contribution in [3.8, 4) is 0 Å². The monoisotopic (exact) mass is 286 g/mol. The molecule has 0 atom stereocenters. The van der Waals surface area contributed by atoms with E-state index in [-0.39, 0.29) is 5.54 Å². The summed E-state index contributed by atoms with van der Waals surface area (Å²) in [4.78, 5) is 2.84. The smallest absolute Gasteiger partial charge is 0.445 e. The van der Waals surface area contributed by atoms with Gasteiger partial charge in [0.05, 0.1) is 25.1 Å². The first-order chi connectivity index (χ1) is 9.33. The highest BCUT2D eigenvalue weighted by atomic mass is 19.4. The van der Waals surface area contributed by atoms with Crippen LogP contribution in [0.2, 0.25) is 0 Å². The molecule has 1 aromatic carbocycles. The number of nitrogens with one attached hydrogen (secondary N) is 1. The zero-order valence-electron chi connectivity index (χ0n) is 12.1. The van der Waals surface area contributed by atoms with E-state index in [0.717, 1.165) is 12.8 Å². The first kappa shape index (κ1) is 15.4. The van der Waals surface area contributed by atoms with Gasteiger partial charge in [0.25, 0.3) is 0 Å². The zero-order chi connectivity index (χ0) is 14.8. The van der Waals surface area contributed by atoms with E-state index < -0.39 is 13.4 Å². The van der Waals surface area contributed by atoms with Crippen molar-refractivity contribution in [2.45, 2.75) is 18.4 Å². The van der Waals surface area contributed by atoms with Gasteiger partial charge in [-0.1, -0.05) is 30.3 Å². The molecule has 20 heavy (non-hydrogen) atoms. The highest BCUT2D eigenvalue weighted by Gasteiger charge is 2.41. The first-order valence-electron chi connectivity index (χ1n) is 7.11. The predicted octanol–water partition coefficient (Wildman–Crippen LogP) is 1.51. The maximum absolute atomic E-state index is 12.5. The molecule has 0 spiro atoms. The van der Waals surface area contributed by atoms with Crippen LogP contribution in [0.1, 0.15) is 18.4 Å². The van der Waals surface area contributed by atoms with Crippen LogP contribution in [-0.2, 0) is 5.54 Å². The predicted molar refractivity (Wildman–Crippen MR) is 75.7 cm³/mol. The van der Waals surface area contributed by atoms with E-state index in [9.17, 15) is 12.9 Å². The van der Waals surface area contributed by atoms with Gasteiger partial charge in [0.2, 0.25) is 0 Å². The summed E-state index contributed by atoms with van der Waals surface area (Å²) >= 11 is 0. The summed E-state index contributed by atoms with van der Waals surface area (Å²) in [6.07, 6.45) is 0.884. The fraction of sp³-hybridized carbons (Fsp3) is 0.571. The van der Waals surface area contributed by atoms with Crippen molar-refractivity contribution in [1.82, 2.24) is 4.90 Å². The molecule has 0 aliphatic carbocycles. The van der Waals surface area contributed by atoms with E-state index in [1.165, 1.54) is 5.56 Å². The molecule has 112 valence electrons. The fourth-order valence-corrected chi connectivity index (χ4v) is 3.29. The molecule has 1 aliphatic rings. The van der Waals surface area contributed by atoms with E-state index in [2.05, 4.69) is 17.0 Å². The summed E-state index contributed by atoms with van der Waals surface area (Å²) in [7, 11) is 4.04. The molecule has 0 bridgehead atoms. The second kappa shape index (κ2) is 5.78. The summed E-state index contributed by atoms with van der Waals surface area (Å²) < 4.78 is 37.6. The van der Waals surface area contributed by atoms with Gasteiger partial charge in [0.15, 0.2) is 0 Å². The van der Waals surface area contributed by atoms with E-state index in [0.29, 0.717) is 18.0 Å². The van der Waals surface area contributed by atoms with Crippen molar-refractivity contribution >= 4 is 6.98 Å². The van der Waals surface area contributed by atoms with E-state index >= 15 is 0 Å². The third-order valence-electron chi connectivity index (χ3n) is 4.47. The van der Waals surface area contributed by atoms with Crippen LogP contribution in [0.15, 0.2) is 30.3 Å². The number of nitrogens with zero attached hydrogens (tertiary/aromatic N) is 1. The van der Waals surface area contributed by atoms with Gasteiger partial charge >= 0.3 is 6.98 Å². The van der Waals surface area contributed by atoms with Gasteiger partial charge in [0, 0.05) is 12.8 Å². The van der Waals surface area contributed by atoms with Gasteiger partial charge in [-0.3, -0.25) is 4.90 Å². The number of hydrogen-bond donors (Lipinski definition) is 1. The molecule has 1 saturated heterocycles. The van der Waals surface area contributed by atoms with Crippen LogP contribution in [0, 0.1) is 0 Å². The van der Waals surface area contributed by atoms with Crippen LogP contribution in [0.4, 0.5) is 12.9 Å². The lowest BCUT2D eigenvalue weighted by molar-refractivity contribution is -0.898. The van der Waals surface area contributed by atoms with Crippen LogP contribution < -0.4 is 4.90 Å². The summed E-state index contributed by atoms with van der Waals surface area (Å²) in [6.45, 7) is -3.53. The Bertz CT molecular complexity index is 426. The Labute approximate surface area is 118 Å². The van der Waals surface area contributed by atoms with Crippen molar-refractivity contribution in [2.75, 3.05) is 33.6 Å². The molecule has 6 heteroatoms. The summed E-state index contributed by atoms with van der Waals surface area (Å²) in [5.41, 5.74) is 1.09. The maximum atomic E-state index is 12.5. The minimum Gasteiger partial charge on any atom is -0.445 e. The quantitative estimate of drug-likeness (QED) is 0.824. The van der Waals surface area contributed by atoms with E-state index in [4.69, 9.17) is 0 Å². The SMILES string of the molecule is CN(C)C1(c2ccccc2)CC[NH+](C[B-](F)(F)F)CC1. The topological polar surface area (TPSA) is 7.68 Å². The largest absolute Gasteiger partial charge is 0.531 e. The number of quaternary nitrogens is 1. The Morgan fingerprint density at radius 2 is 1.65 bits per heavy atom. The van der Waals surface area contributed by atoms with Crippen LogP contribution in [0.5, 0.6) is 0 Å². The molecule has 1 fully saturated rings. The third kappa shape index (κ3) is 3.36. The lowest BCUT2D eigenvalue weighted by Crippen LogP contribution is -3.15. The minimum absolute atomic E-state index is 0.122. The van der Waals surface area contributed by atoms with Crippen molar-refractivity contribution < 1.29 is 17.8 Å². The molecule has 1 heterocycles. The standard InChI is InChI=1S/C14H21BF3N2/c1-19(2)14(13-6-4-3-5-7-13)8-10-20(11-9-14)12-15(16,17)18/h3-7H,8-12H2,1-2H3/q-1/p+1. The number of halogens is 3. The molecular formula is C14H22BF3N2.